The van der Waals surface area contributed by atoms with Crippen LogP contribution in [-0.2, 0) is 20.6 Å². The average molecular weight is 678 g/mol. The molecule has 4 aromatic rings. The predicted octanol–water partition coefficient (Wildman–Crippen LogP) is 6.15. The second-order valence-corrected chi connectivity index (χ2v) is 14.4. The quantitative estimate of drug-likeness (QED) is 0.237. The SMILES string of the molecule is O=C(COc1ccccc1[C@@H]1c2sc(=O)[nH]c2S[C@@H]2[C@@H]3C[C@@H]([C@@H]4C(=O)N(c5ccccc5)C(=O)[C@@H]34)[C@H]12)Nc1ccccc1C(F)(F)F. The molecule has 3 fully saturated rings. The van der Waals surface area contributed by atoms with Gasteiger partial charge in [-0.15, -0.1) is 11.8 Å². The zero-order valence-corrected chi connectivity index (χ0v) is 26.0. The van der Waals surface area contributed by atoms with Crippen molar-refractivity contribution >= 4 is 52.2 Å². The van der Waals surface area contributed by atoms with Crippen LogP contribution in [0, 0.1) is 29.6 Å². The van der Waals surface area contributed by atoms with Crippen molar-refractivity contribution in [1.82, 2.24) is 4.98 Å². The van der Waals surface area contributed by atoms with E-state index in [-0.39, 0.29) is 51.3 Å². The summed E-state index contributed by atoms with van der Waals surface area (Å²) in [7, 11) is 0. The van der Waals surface area contributed by atoms with E-state index < -0.39 is 36.1 Å². The van der Waals surface area contributed by atoms with Crippen molar-refractivity contribution in [3.05, 3.63) is 105 Å². The van der Waals surface area contributed by atoms with Crippen molar-refractivity contribution in [3.8, 4) is 5.75 Å². The number of fused-ring (bicyclic) bond motifs is 9. The number of para-hydroxylation sites is 3. The first-order valence-corrected chi connectivity index (χ1v) is 16.8. The number of aromatic amines is 1. The van der Waals surface area contributed by atoms with Crippen molar-refractivity contribution in [2.75, 3.05) is 16.8 Å². The third-order valence-electron chi connectivity index (χ3n) is 9.86. The van der Waals surface area contributed by atoms with Gasteiger partial charge in [0.15, 0.2) is 6.61 Å². The first-order chi connectivity index (χ1) is 22.6. The van der Waals surface area contributed by atoms with Crippen molar-refractivity contribution in [3.63, 3.8) is 0 Å². The molecule has 3 aromatic carbocycles. The van der Waals surface area contributed by atoms with Gasteiger partial charge in [0.2, 0.25) is 11.8 Å². The van der Waals surface area contributed by atoms with Gasteiger partial charge in [-0.2, -0.15) is 13.2 Å². The number of ether oxygens (including phenoxy) is 1. The lowest BCUT2D eigenvalue weighted by Crippen LogP contribution is -2.42. The molecule has 240 valence electrons. The number of carbonyl (C=O) groups is 3. The van der Waals surface area contributed by atoms with Crippen LogP contribution in [0.3, 0.4) is 0 Å². The minimum Gasteiger partial charge on any atom is -0.483 e. The molecule has 47 heavy (non-hydrogen) atoms. The number of alkyl halides is 3. The van der Waals surface area contributed by atoms with Crippen molar-refractivity contribution in [2.24, 2.45) is 29.6 Å². The van der Waals surface area contributed by atoms with E-state index in [1.54, 1.807) is 48.2 Å². The smallest absolute Gasteiger partial charge is 0.418 e. The topological polar surface area (TPSA) is 109 Å². The van der Waals surface area contributed by atoms with Crippen LogP contribution >= 0.6 is 23.1 Å². The van der Waals surface area contributed by atoms with E-state index in [0.29, 0.717) is 23.4 Å². The van der Waals surface area contributed by atoms with E-state index >= 15 is 0 Å². The molecule has 4 aliphatic rings. The van der Waals surface area contributed by atoms with Crippen molar-refractivity contribution < 1.29 is 32.3 Å². The van der Waals surface area contributed by atoms with Gasteiger partial charge in [-0.25, -0.2) is 0 Å². The largest absolute Gasteiger partial charge is 0.483 e. The zero-order valence-electron chi connectivity index (χ0n) is 24.4. The Hall–Kier alpha value is -4.36. The molecule has 1 aromatic heterocycles. The Balaban J connectivity index is 1.11. The van der Waals surface area contributed by atoms with Crippen LogP contribution in [0.1, 0.15) is 28.3 Å². The van der Waals surface area contributed by atoms with Gasteiger partial charge in [0.05, 0.1) is 33.8 Å². The van der Waals surface area contributed by atoms with E-state index in [1.807, 2.05) is 18.2 Å². The number of amides is 3. The minimum absolute atomic E-state index is 0.0494. The van der Waals surface area contributed by atoms with Crippen LogP contribution in [-0.4, -0.2) is 34.6 Å². The molecule has 2 aliphatic carbocycles. The number of rotatable bonds is 6. The van der Waals surface area contributed by atoms with E-state index in [4.69, 9.17) is 4.74 Å². The second kappa shape index (κ2) is 11.1. The highest BCUT2D eigenvalue weighted by Crippen LogP contribution is 2.69. The number of anilines is 2. The van der Waals surface area contributed by atoms with E-state index in [1.165, 1.54) is 23.1 Å². The molecular formula is C34H26F3N3O5S2. The summed E-state index contributed by atoms with van der Waals surface area (Å²) >= 11 is 2.66. The van der Waals surface area contributed by atoms with Gasteiger partial charge in [-0.05, 0) is 54.5 Å². The number of hydrogen-bond acceptors (Lipinski definition) is 7. The van der Waals surface area contributed by atoms with Gasteiger partial charge < -0.3 is 15.0 Å². The summed E-state index contributed by atoms with van der Waals surface area (Å²) in [4.78, 5) is 58.1. The first kappa shape index (κ1) is 30.0. The lowest BCUT2D eigenvalue weighted by atomic mass is 9.68. The molecule has 3 amide bonds. The summed E-state index contributed by atoms with van der Waals surface area (Å²) in [6, 6.07) is 20.8. The molecule has 7 atom stereocenters. The Labute approximate surface area is 274 Å². The number of nitrogens with one attached hydrogen (secondary N) is 2. The van der Waals surface area contributed by atoms with Gasteiger partial charge in [0.25, 0.3) is 5.91 Å². The predicted molar refractivity (Wildman–Crippen MR) is 169 cm³/mol. The molecule has 8 nitrogen and oxygen atoms in total. The molecule has 2 N–H and O–H groups in total. The van der Waals surface area contributed by atoms with Crippen LogP contribution in [0.25, 0.3) is 0 Å². The van der Waals surface area contributed by atoms with E-state index in [0.717, 1.165) is 27.3 Å². The molecule has 3 heterocycles. The fourth-order valence-corrected chi connectivity index (χ4v) is 11.1. The Morgan fingerprint density at radius 2 is 1.60 bits per heavy atom. The Bertz CT molecular complexity index is 1980. The third kappa shape index (κ3) is 4.81. The normalized spacial score (nSPS) is 27.4. The Morgan fingerprint density at radius 3 is 2.36 bits per heavy atom. The number of thiazole rings is 1. The molecule has 2 aliphatic heterocycles. The molecule has 0 radical (unpaired) electrons. The zero-order chi connectivity index (χ0) is 32.6. The van der Waals surface area contributed by atoms with Gasteiger partial charge in [-0.1, -0.05) is 59.9 Å². The molecule has 2 saturated carbocycles. The molecule has 0 spiro atoms. The fraction of sp³-hybridized carbons (Fsp3) is 0.294. The number of H-pyrrole nitrogens is 1. The van der Waals surface area contributed by atoms with Crippen LogP contribution < -0.4 is 19.8 Å². The highest BCUT2D eigenvalue weighted by molar-refractivity contribution is 8.00. The van der Waals surface area contributed by atoms with E-state index in [2.05, 4.69) is 10.3 Å². The minimum atomic E-state index is -4.65. The number of hydrogen-bond donors (Lipinski definition) is 2. The summed E-state index contributed by atoms with van der Waals surface area (Å²) in [6.07, 6.45) is -3.94. The Kier molecular flexibility index (Phi) is 7.10. The summed E-state index contributed by atoms with van der Waals surface area (Å²) in [5.74, 6) is -2.38. The Morgan fingerprint density at radius 1 is 0.915 bits per heavy atom. The fourth-order valence-electron chi connectivity index (χ4n) is 8.23. The molecule has 0 unspecified atom stereocenters. The number of aromatic nitrogens is 1. The standard InChI is InChI=1S/C34H26F3N3O5S2/c35-34(36,37)20-11-5-6-12-21(20)38-23(41)15-45-22-13-7-4-10-17(22)24-25-18-14-19(28(25)46-30-29(24)47-33(44)39-30)27-26(18)31(42)40(32(27)43)16-8-2-1-3-9-16/h1-13,18-19,24-28H,14-15H2,(H,38,41)(H,39,44)/t18-,19-,24+,25-,26+,27+,28-/m1/s1. The van der Waals surface area contributed by atoms with Gasteiger partial charge in [-0.3, -0.25) is 24.1 Å². The maximum Gasteiger partial charge on any atom is 0.418 e. The monoisotopic (exact) mass is 677 g/mol. The molecule has 13 heteroatoms. The maximum atomic E-state index is 13.9. The van der Waals surface area contributed by atoms with Crippen LogP contribution in [0.2, 0.25) is 0 Å². The van der Waals surface area contributed by atoms with E-state index in [9.17, 15) is 32.3 Å². The third-order valence-corrected chi connectivity index (χ3v) is 12.4. The summed E-state index contributed by atoms with van der Waals surface area (Å²) in [6.45, 7) is -0.551. The van der Waals surface area contributed by atoms with Gasteiger partial charge >= 0.3 is 11.0 Å². The lowest BCUT2D eigenvalue weighted by Gasteiger charge is -2.43. The number of nitrogens with zero attached hydrogens (tertiary/aromatic N) is 1. The number of imide groups is 1. The highest BCUT2D eigenvalue weighted by atomic mass is 32.2. The van der Waals surface area contributed by atoms with Crippen LogP contribution in [0.15, 0.2) is 88.7 Å². The lowest BCUT2D eigenvalue weighted by molar-refractivity contribution is -0.137. The van der Waals surface area contributed by atoms with Crippen LogP contribution in [0.4, 0.5) is 24.5 Å². The average Bonchev–Trinajstić information content (AvgIpc) is 3.79. The molecular weight excluding hydrogens is 652 g/mol. The van der Waals surface area contributed by atoms with Crippen molar-refractivity contribution in [1.29, 1.82) is 0 Å². The summed E-state index contributed by atoms with van der Waals surface area (Å²) in [5.41, 5.74) is -0.0623. The molecule has 8 rings (SSSR count). The number of carbonyl (C=O) groups excluding carboxylic acids is 3. The second-order valence-electron chi connectivity index (χ2n) is 12.2. The number of benzene rings is 3. The van der Waals surface area contributed by atoms with Crippen LogP contribution in [0.5, 0.6) is 5.75 Å². The van der Waals surface area contributed by atoms with Crippen molar-refractivity contribution in [2.45, 2.75) is 28.8 Å². The van der Waals surface area contributed by atoms with Gasteiger partial charge in [0, 0.05) is 21.6 Å². The molecule has 1 saturated heterocycles. The first-order valence-electron chi connectivity index (χ1n) is 15.1. The number of halogens is 3. The summed E-state index contributed by atoms with van der Waals surface area (Å²) in [5, 5.41) is 2.99. The molecule has 2 bridgehead atoms. The van der Waals surface area contributed by atoms with Gasteiger partial charge in [0.1, 0.15) is 5.75 Å². The highest BCUT2D eigenvalue weighted by Gasteiger charge is 2.69. The summed E-state index contributed by atoms with van der Waals surface area (Å²) < 4.78 is 46.4. The number of thioether (sulfide) groups is 1. The maximum absolute atomic E-state index is 13.9.